The summed E-state index contributed by atoms with van der Waals surface area (Å²) >= 11 is 5.97. The molecule has 0 nitrogen and oxygen atoms in total. The van der Waals surface area contributed by atoms with Crippen molar-refractivity contribution < 1.29 is 4.39 Å². The highest BCUT2D eigenvalue weighted by Gasteiger charge is 2.19. The van der Waals surface area contributed by atoms with E-state index >= 15 is 0 Å². The molecule has 0 fully saturated rings. The fourth-order valence-corrected chi connectivity index (χ4v) is 4.17. The molecule has 0 aromatic heterocycles. The molecule has 27 heavy (non-hydrogen) atoms. The second-order valence-electron chi connectivity index (χ2n) is 7.44. The largest absolute Gasteiger partial charge is 0.206 e. The van der Waals surface area contributed by atoms with Crippen LogP contribution in [0.4, 0.5) is 4.39 Å². The van der Waals surface area contributed by atoms with Gasteiger partial charge in [0, 0.05) is 10.6 Å². The number of unbranched alkanes of at least 4 members (excludes halogenated alkanes) is 2. The van der Waals surface area contributed by atoms with E-state index in [0.717, 1.165) is 30.4 Å². The predicted molar refractivity (Wildman–Crippen MR) is 113 cm³/mol. The smallest absolute Gasteiger partial charge is 0.131 e. The lowest BCUT2D eigenvalue weighted by molar-refractivity contribution is 0.630. The Balaban J connectivity index is 1.68. The van der Waals surface area contributed by atoms with Crippen LogP contribution in [0.25, 0.3) is 22.3 Å². The molecule has 0 radical (unpaired) electrons. The molecule has 0 unspecified atom stereocenters. The van der Waals surface area contributed by atoms with Gasteiger partial charge in [0.25, 0.3) is 0 Å². The van der Waals surface area contributed by atoms with Crippen molar-refractivity contribution in [3.05, 3.63) is 82.1 Å². The summed E-state index contributed by atoms with van der Waals surface area (Å²) in [6.07, 6.45) is 6.88. The van der Waals surface area contributed by atoms with Crippen LogP contribution in [0.15, 0.2) is 54.6 Å². The van der Waals surface area contributed by atoms with Crippen molar-refractivity contribution in [2.45, 2.75) is 45.4 Å². The van der Waals surface area contributed by atoms with Crippen molar-refractivity contribution in [1.82, 2.24) is 0 Å². The molecule has 138 valence electrons. The fourth-order valence-electron chi connectivity index (χ4n) is 4.05. The second kappa shape index (κ2) is 7.86. The first-order valence-corrected chi connectivity index (χ1v) is 10.2. The molecule has 4 rings (SSSR count). The highest BCUT2D eigenvalue weighted by molar-refractivity contribution is 6.30. The minimum Gasteiger partial charge on any atom is -0.206 e. The summed E-state index contributed by atoms with van der Waals surface area (Å²) in [5.74, 6) is -0.170. The molecular weight excluding hydrogens is 355 g/mol. The lowest BCUT2D eigenvalue weighted by atomic mass is 9.83. The van der Waals surface area contributed by atoms with E-state index < -0.39 is 0 Å². The number of hydrogen-bond acceptors (Lipinski definition) is 0. The lowest BCUT2D eigenvalue weighted by Gasteiger charge is -2.22. The molecule has 0 amide bonds. The molecule has 3 aromatic rings. The maximum absolute atomic E-state index is 14.9. The van der Waals surface area contributed by atoms with Crippen LogP contribution in [0, 0.1) is 5.82 Å². The van der Waals surface area contributed by atoms with Gasteiger partial charge in [-0.05, 0) is 83.3 Å². The van der Waals surface area contributed by atoms with Gasteiger partial charge in [-0.25, -0.2) is 4.39 Å². The standard InChI is InChI=1S/C25H24ClF/c1-2-3-4-5-17-6-13-22-19(14-17)7-8-20-15-24(25(27)16-23(20)22)18-9-11-21(26)12-10-18/h6,9-16H,2-5,7-8H2,1H3. The number of rotatable bonds is 5. The second-order valence-corrected chi connectivity index (χ2v) is 7.88. The number of hydrogen-bond donors (Lipinski definition) is 0. The van der Waals surface area contributed by atoms with E-state index in [9.17, 15) is 4.39 Å². The third-order valence-corrected chi connectivity index (χ3v) is 5.79. The van der Waals surface area contributed by atoms with Gasteiger partial charge in [0.1, 0.15) is 5.82 Å². The molecule has 0 saturated carbocycles. The van der Waals surface area contributed by atoms with Crippen LogP contribution < -0.4 is 0 Å². The van der Waals surface area contributed by atoms with E-state index in [2.05, 4.69) is 25.1 Å². The van der Waals surface area contributed by atoms with Gasteiger partial charge in [-0.3, -0.25) is 0 Å². The monoisotopic (exact) mass is 378 g/mol. The summed E-state index contributed by atoms with van der Waals surface area (Å²) in [6.45, 7) is 2.23. The summed E-state index contributed by atoms with van der Waals surface area (Å²) in [5.41, 5.74) is 7.76. The Morgan fingerprint density at radius 1 is 0.815 bits per heavy atom. The first-order valence-electron chi connectivity index (χ1n) is 9.86. The van der Waals surface area contributed by atoms with Crippen LogP contribution >= 0.6 is 11.6 Å². The third kappa shape index (κ3) is 3.80. The normalized spacial score (nSPS) is 12.6. The average molecular weight is 379 g/mol. The lowest BCUT2D eigenvalue weighted by Crippen LogP contribution is -2.06. The number of aryl methyl sites for hydroxylation is 3. The highest BCUT2D eigenvalue weighted by Crippen LogP contribution is 2.38. The SMILES string of the molecule is CCCCCc1ccc2c(c1)CCc1cc(-c3ccc(Cl)cc3)c(F)cc1-2. The Morgan fingerprint density at radius 3 is 2.30 bits per heavy atom. The highest BCUT2D eigenvalue weighted by atomic mass is 35.5. The minimum atomic E-state index is -0.170. The van der Waals surface area contributed by atoms with E-state index in [4.69, 9.17) is 11.6 Å². The molecule has 0 aliphatic heterocycles. The third-order valence-electron chi connectivity index (χ3n) is 5.54. The maximum atomic E-state index is 14.9. The Hall–Kier alpha value is -2.12. The maximum Gasteiger partial charge on any atom is 0.131 e. The molecule has 2 heteroatoms. The molecule has 0 saturated heterocycles. The van der Waals surface area contributed by atoms with Crippen LogP contribution in [0.2, 0.25) is 5.02 Å². The van der Waals surface area contributed by atoms with Gasteiger partial charge in [0.05, 0.1) is 0 Å². The van der Waals surface area contributed by atoms with Crippen LogP contribution in [-0.4, -0.2) is 0 Å². The Labute approximate surface area is 166 Å². The fraction of sp³-hybridized carbons (Fsp3) is 0.280. The van der Waals surface area contributed by atoms with Gasteiger partial charge < -0.3 is 0 Å². The number of halogens is 2. The zero-order valence-electron chi connectivity index (χ0n) is 15.7. The van der Waals surface area contributed by atoms with Gasteiger partial charge >= 0.3 is 0 Å². The summed E-state index contributed by atoms with van der Waals surface area (Å²) < 4.78 is 14.9. The topological polar surface area (TPSA) is 0 Å². The molecule has 1 aliphatic rings. The van der Waals surface area contributed by atoms with Gasteiger partial charge in [-0.15, -0.1) is 0 Å². The quantitative estimate of drug-likeness (QED) is 0.400. The van der Waals surface area contributed by atoms with Gasteiger partial charge in [0.2, 0.25) is 0 Å². The molecule has 0 N–H and O–H groups in total. The number of benzene rings is 3. The Bertz CT molecular complexity index is 957. The van der Waals surface area contributed by atoms with Crippen molar-refractivity contribution in [2.24, 2.45) is 0 Å². The van der Waals surface area contributed by atoms with E-state index in [1.807, 2.05) is 30.3 Å². The summed E-state index contributed by atoms with van der Waals surface area (Å²) in [6, 6.07) is 17.9. The van der Waals surface area contributed by atoms with E-state index in [0.29, 0.717) is 10.6 Å². The van der Waals surface area contributed by atoms with Crippen molar-refractivity contribution in [3.63, 3.8) is 0 Å². The molecule has 1 aliphatic carbocycles. The Morgan fingerprint density at radius 2 is 1.56 bits per heavy atom. The molecule has 3 aromatic carbocycles. The number of fused-ring (bicyclic) bond motifs is 3. The van der Waals surface area contributed by atoms with Crippen LogP contribution in [-0.2, 0) is 19.3 Å². The summed E-state index contributed by atoms with van der Waals surface area (Å²) in [4.78, 5) is 0. The minimum absolute atomic E-state index is 0.170. The molecule has 0 bridgehead atoms. The van der Waals surface area contributed by atoms with Crippen LogP contribution in [0.5, 0.6) is 0 Å². The molecular formula is C25H24ClF. The van der Waals surface area contributed by atoms with Crippen molar-refractivity contribution >= 4 is 11.6 Å². The van der Waals surface area contributed by atoms with E-state index in [1.165, 1.54) is 41.5 Å². The van der Waals surface area contributed by atoms with Gasteiger partial charge in [-0.1, -0.05) is 61.7 Å². The van der Waals surface area contributed by atoms with Crippen molar-refractivity contribution in [2.75, 3.05) is 0 Å². The Kier molecular flexibility index (Phi) is 5.31. The molecule has 0 atom stereocenters. The first kappa shape index (κ1) is 18.3. The summed E-state index contributed by atoms with van der Waals surface area (Å²) in [5, 5.41) is 0.667. The summed E-state index contributed by atoms with van der Waals surface area (Å²) in [7, 11) is 0. The van der Waals surface area contributed by atoms with Gasteiger partial charge in [0.15, 0.2) is 0 Å². The average Bonchev–Trinajstić information content (AvgIpc) is 2.68. The van der Waals surface area contributed by atoms with Crippen LogP contribution in [0.1, 0.15) is 42.9 Å². The molecule has 0 spiro atoms. The van der Waals surface area contributed by atoms with Crippen molar-refractivity contribution in [1.29, 1.82) is 0 Å². The molecule has 0 heterocycles. The van der Waals surface area contributed by atoms with E-state index in [-0.39, 0.29) is 5.82 Å². The zero-order valence-corrected chi connectivity index (χ0v) is 16.5. The first-order chi connectivity index (χ1) is 13.2. The van der Waals surface area contributed by atoms with Gasteiger partial charge in [-0.2, -0.15) is 0 Å². The predicted octanol–water partition coefficient (Wildman–Crippen LogP) is 7.64. The van der Waals surface area contributed by atoms with Crippen molar-refractivity contribution in [3.8, 4) is 22.3 Å². The van der Waals surface area contributed by atoms with E-state index in [1.54, 1.807) is 6.07 Å². The van der Waals surface area contributed by atoms with Crippen LogP contribution in [0.3, 0.4) is 0 Å². The zero-order chi connectivity index (χ0) is 18.8.